The van der Waals surface area contributed by atoms with Crippen molar-refractivity contribution in [3.8, 4) is 0 Å². The van der Waals surface area contributed by atoms with Gasteiger partial charge in [0.2, 0.25) is 11.6 Å². The Kier molecular flexibility index (Phi) is 6.29. The van der Waals surface area contributed by atoms with E-state index in [1.807, 2.05) is 0 Å². The van der Waals surface area contributed by atoms with Crippen LogP contribution >= 0.6 is 0 Å². The molecule has 0 amide bonds. The first-order valence-electron chi connectivity index (χ1n) is 2.75. The van der Waals surface area contributed by atoms with Crippen molar-refractivity contribution in [3.63, 3.8) is 0 Å². The Labute approximate surface area is 103 Å². The molecular formula is C5H2ErF6O2. The first-order chi connectivity index (χ1) is 5.55. The fraction of sp³-hybridized carbons (Fsp3) is 0.600. The van der Waals surface area contributed by atoms with Gasteiger partial charge in [0.15, 0.2) is 0 Å². The Hall–Kier alpha value is 0.167. The second-order valence-electron chi connectivity index (χ2n) is 2.02. The summed E-state index contributed by atoms with van der Waals surface area (Å²) in [7, 11) is 0. The number of halogens is 6. The van der Waals surface area contributed by atoms with Gasteiger partial charge in [0, 0.05) is 37.3 Å². The first kappa shape index (κ1) is 16.6. The largest absolute Gasteiger partial charge is 0.450 e. The third-order valence-electron chi connectivity index (χ3n) is 0.953. The van der Waals surface area contributed by atoms with E-state index in [1.165, 1.54) is 0 Å². The Morgan fingerprint density at radius 1 is 0.786 bits per heavy atom. The molecule has 0 bridgehead atoms. The van der Waals surface area contributed by atoms with Gasteiger partial charge in [-0.15, -0.1) is 0 Å². The van der Waals surface area contributed by atoms with E-state index in [4.69, 9.17) is 0 Å². The van der Waals surface area contributed by atoms with Crippen LogP contribution in [0.1, 0.15) is 6.42 Å². The van der Waals surface area contributed by atoms with Gasteiger partial charge in [0.25, 0.3) is 0 Å². The average Bonchev–Trinajstić information content (AvgIpc) is 1.82. The number of hydrogen-bond acceptors (Lipinski definition) is 2. The second-order valence-corrected chi connectivity index (χ2v) is 2.02. The van der Waals surface area contributed by atoms with Crippen LogP contribution in [0.2, 0.25) is 0 Å². The molecule has 0 heterocycles. The minimum absolute atomic E-state index is 0. The molecule has 0 saturated carbocycles. The fourth-order valence-electron chi connectivity index (χ4n) is 0.346. The Morgan fingerprint density at radius 2 is 1.00 bits per heavy atom. The summed E-state index contributed by atoms with van der Waals surface area (Å²) in [5.41, 5.74) is 0. The third kappa shape index (κ3) is 5.80. The molecule has 0 aliphatic rings. The number of Topliss-reactive ketones (excluding diaryl/α,β-unsaturated/α-hetero) is 2. The number of rotatable bonds is 2. The van der Waals surface area contributed by atoms with E-state index in [0.717, 1.165) is 0 Å². The maximum atomic E-state index is 11.3. The van der Waals surface area contributed by atoms with Crippen LogP contribution in [0.25, 0.3) is 0 Å². The second kappa shape index (κ2) is 5.31. The van der Waals surface area contributed by atoms with Crippen molar-refractivity contribution in [2.45, 2.75) is 18.8 Å². The summed E-state index contributed by atoms with van der Waals surface area (Å²) in [6.45, 7) is 0. The molecule has 88 valence electrons. The number of carbonyl (C=O) groups is 2. The summed E-state index contributed by atoms with van der Waals surface area (Å²) in [6, 6.07) is 0. The van der Waals surface area contributed by atoms with Gasteiger partial charge in [-0.2, -0.15) is 26.3 Å². The van der Waals surface area contributed by atoms with E-state index in [0.29, 0.717) is 0 Å². The number of carbonyl (C=O) groups excluding carboxylic acids is 2. The van der Waals surface area contributed by atoms with Crippen LogP contribution in [0, 0.1) is 37.3 Å². The molecule has 9 heteroatoms. The van der Waals surface area contributed by atoms with Gasteiger partial charge in [-0.05, 0) is 0 Å². The molecule has 2 nitrogen and oxygen atoms in total. The molecule has 0 spiro atoms. The van der Waals surface area contributed by atoms with E-state index in [-0.39, 0.29) is 37.3 Å². The quantitative estimate of drug-likeness (QED) is 0.543. The van der Waals surface area contributed by atoms with Crippen molar-refractivity contribution in [1.82, 2.24) is 0 Å². The van der Waals surface area contributed by atoms with E-state index in [2.05, 4.69) is 0 Å². The van der Waals surface area contributed by atoms with Crippen LogP contribution in [0.15, 0.2) is 0 Å². The summed E-state index contributed by atoms with van der Waals surface area (Å²) in [5, 5.41) is 0. The molecular weight excluding hydrogens is 373 g/mol. The molecule has 0 atom stereocenters. The molecule has 0 saturated heterocycles. The summed E-state index contributed by atoms with van der Waals surface area (Å²) >= 11 is 0. The molecule has 0 radical (unpaired) electrons. The minimum Gasteiger partial charge on any atom is -0.289 e. The summed E-state index contributed by atoms with van der Waals surface area (Å²) < 4.78 is 68.0. The van der Waals surface area contributed by atoms with Crippen molar-refractivity contribution in [3.05, 3.63) is 0 Å². The van der Waals surface area contributed by atoms with Crippen molar-refractivity contribution in [2.75, 3.05) is 0 Å². The van der Waals surface area contributed by atoms with Crippen LogP contribution in [0.5, 0.6) is 0 Å². The maximum absolute atomic E-state index is 11.3. The zero-order chi connectivity index (χ0) is 10.9. The normalized spacial score (nSPS) is 11.9. The molecule has 0 aromatic rings. The molecule has 0 aliphatic heterocycles. The fourth-order valence-corrected chi connectivity index (χ4v) is 0.346. The molecule has 0 rings (SSSR count). The smallest absolute Gasteiger partial charge is 0.289 e. The van der Waals surface area contributed by atoms with Crippen molar-refractivity contribution < 1.29 is 73.2 Å². The van der Waals surface area contributed by atoms with Crippen molar-refractivity contribution in [2.24, 2.45) is 0 Å². The Bertz CT molecular complexity index is 205. The minimum atomic E-state index is -5.40. The maximum Gasteiger partial charge on any atom is 0.450 e. The van der Waals surface area contributed by atoms with Gasteiger partial charge in [-0.25, -0.2) is 0 Å². The molecule has 14 heavy (non-hydrogen) atoms. The average molecular weight is 375 g/mol. The predicted octanol–water partition coefficient (Wildman–Crippen LogP) is 1.64. The van der Waals surface area contributed by atoms with Crippen LogP contribution in [0.4, 0.5) is 26.3 Å². The van der Waals surface area contributed by atoms with E-state index in [9.17, 15) is 35.9 Å². The van der Waals surface area contributed by atoms with Crippen molar-refractivity contribution in [1.29, 1.82) is 0 Å². The molecule has 0 N–H and O–H groups in total. The molecule has 0 aromatic carbocycles. The third-order valence-corrected chi connectivity index (χ3v) is 0.953. The number of hydrogen-bond donors (Lipinski definition) is 0. The summed E-state index contributed by atoms with van der Waals surface area (Å²) in [5.74, 6) is -5.40. The predicted molar refractivity (Wildman–Crippen MR) is 26.7 cm³/mol. The van der Waals surface area contributed by atoms with E-state index < -0.39 is 30.3 Å². The van der Waals surface area contributed by atoms with Gasteiger partial charge in [-0.3, -0.25) is 9.59 Å². The number of alkyl halides is 6. The summed E-state index contributed by atoms with van der Waals surface area (Å²) in [6.07, 6.45) is -13.0. The molecule has 0 aliphatic carbocycles. The van der Waals surface area contributed by atoms with Gasteiger partial charge in [0.05, 0.1) is 6.42 Å². The van der Waals surface area contributed by atoms with E-state index >= 15 is 0 Å². The Morgan fingerprint density at radius 3 is 1.14 bits per heavy atom. The monoisotopic (exact) mass is 374 g/mol. The molecule has 0 unspecified atom stereocenters. The van der Waals surface area contributed by atoms with E-state index in [1.54, 1.807) is 0 Å². The van der Waals surface area contributed by atoms with Crippen molar-refractivity contribution >= 4 is 11.6 Å². The van der Waals surface area contributed by atoms with Gasteiger partial charge in [-0.1, -0.05) is 0 Å². The van der Waals surface area contributed by atoms with Crippen LogP contribution in [-0.4, -0.2) is 23.9 Å². The van der Waals surface area contributed by atoms with Crippen LogP contribution in [-0.2, 0) is 9.59 Å². The SMILES string of the molecule is O=C(CC(=O)C(F)(F)F)C(F)(F)F.[Er]. The topological polar surface area (TPSA) is 34.1 Å². The zero-order valence-electron chi connectivity index (χ0n) is 6.08. The standard InChI is InChI=1S/C5H2F6O2.Er/c6-4(7,8)2(12)1-3(13)5(9,10)11;/h1H2;. The van der Waals surface area contributed by atoms with Crippen LogP contribution in [0.3, 0.4) is 0 Å². The van der Waals surface area contributed by atoms with Gasteiger partial charge in [0.1, 0.15) is 0 Å². The molecule has 0 aromatic heterocycles. The number of ketones is 2. The summed E-state index contributed by atoms with van der Waals surface area (Å²) in [4.78, 5) is 19.8. The van der Waals surface area contributed by atoms with Gasteiger partial charge >= 0.3 is 12.4 Å². The first-order valence-corrected chi connectivity index (χ1v) is 2.75. The zero-order valence-corrected chi connectivity index (χ0v) is 7.93. The molecule has 0 fully saturated rings. The Balaban J connectivity index is 0. The van der Waals surface area contributed by atoms with Gasteiger partial charge < -0.3 is 0 Å². The van der Waals surface area contributed by atoms with Crippen LogP contribution < -0.4 is 0 Å².